The van der Waals surface area contributed by atoms with Crippen molar-refractivity contribution in [2.45, 2.75) is 19.1 Å². The summed E-state index contributed by atoms with van der Waals surface area (Å²) in [5.74, 6) is 1.06. The molecule has 4 nitrogen and oxygen atoms in total. The van der Waals surface area contributed by atoms with Gasteiger partial charge in [0.05, 0.1) is 6.04 Å². The summed E-state index contributed by atoms with van der Waals surface area (Å²) in [5, 5.41) is 3.13. The lowest BCUT2D eigenvalue weighted by molar-refractivity contribution is -0.130. The maximum absolute atomic E-state index is 12.9. The molecule has 4 heteroatoms. The third-order valence-electron chi connectivity index (χ3n) is 4.63. The van der Waals surface area contributed by atoms with Gasteiger partial charge >= 0.3 is 0 Å². The minimum atomic E-state index is -0.684. The van der Waals surface area contributed by atoms with Crippen molar-refractivity contribution in [2.75, 3.05) is 6.61 Å². The highest BCUT2D eigenvalue weighted by atomic mass is 16.6. The minimum absolute atomic E-state index is 0.193. The zero-order chi connectivity index (χ0) is 18.6. The van der Waals surface area contributed by atoms with Gasteiger partial charge in [-0.05, 0) is 30.2 Å². The molecule has 2 unspecified atom stereocenters. The lowest BCUT2D eigenvalue weighted by atomic mass is 9.97. The number of aryl methyl sites for hydroxylation is 1. The Morgan fingerprint density at radius 1 is 0.889 bits per heavy atom. The molecule has 0 saturated carbocycles. The summed E-state index contributed by atoms with van der Waals surface area (Å²) >= 11 is 0. The number of carbonyl (C=O) groups excluding carboxylic acids is 1. The van der Waals surface area contributed by atoms with Crippen molar-refractivity contribution in [3.8, 4) is 11.5 Å². The number of rotatable bonds is 4. The van der Waals surface area contributed by atoms with Crippen LogP contribution in [-0.2, 0) is 4.79 Å². The third-order valence-corrected chi connectivity index (χ3v) is 4.63. The summed E-state index contributed by atoms with van der Waals surface area (Å²) in [6, 6.07) is 25.3. The molecule has 3 aromatic rings. The lowest BCUT2D eigenvalue weighted by Crippen LogP contribution is -2.45. The zero-order valence-electron chi connectivity index (χ0n) is 15.1. The van der Waals surface area contributed by atoms with Crippen LogP contribution in [0.15, 0.2) is 78.9 Å². The van der Waals surface area contributed by atoms with E-state index in [-0.39, 0.29) is 18.6 Å². The Kier molecular flexibility index (Phi) is 4.79. The summed E-state index contributed by atoms with van der Waals surface area (Å²) in [4.78, 5) is 12.9. The summed E-state index contributed by atoms with van der Waals surface area (Å²) in [5.41, 5.74) is 3.22. The second-order valence-electron chi connectivity index (χ2n) is 6.63. The summed E-state index contributed by atoms with van der Waals surface area (Å²) in [6.45, 7) is 2.24. The van der Waals surface area contributed by atoms with Crippen molar-refractivity contribution in [1.82, 2.24) is 5.32 Å². The van der Waals surface area contributed by atoms with Crippen molar-refractivity contribution >= 4 is 5.91 Å². The second kappa shape index (κ2) is 7.54. The highest BCUT2D eigenvalue weighted by molar-refractivity contribution is 5.82. The molecular weight excluding hydrogens is 338 g/mol. The first-order valence-electron chi connectivity index (χ1n) is 9.01. The Hall–Kier alpha value is -3.27. The average Bonchev–Trinajstić information content (AvgIpc) is 2.73. The standard InChI is InChI=1S/C23H21NO3/c1-16-11-13-18(14-12-16)22(17-7-3-2-4-8-17)24-23(25)21-15-26-19-9-5-6-10-20(19)27-21/h2-14,21-22H,15H2,1H3,(H,24,25). The molecule has 1 heterocycles. The predicted octanol–water partition coefficient (Wildman–Crippen LogP) is 4.04. The number of fused-ring (bicyclic) bond motifs is 1. The third kappa shape index (κ3) is 3.80. The summed E-state index contributed by atoms with van der Waals surface area (Å²) in [6.07, 6.45) is -0.684. The largest absolute Gasteiger partial charge is 0.485 e. The van der Waals surface area contributed by atoms with Gasteiger partial charge in [0.2, 0.25) is 6.10 Å². The topological polar surface area (TPSA) is 47.6 Å². The Labute approximate surface area is 158 Å². The van der Waals surface area contributed by atoms with Crippen LogP contribution in [-0.4, -0.2) is 18.6 Å². The average molecular weight is 359 g/mol. The molecule has 27 heavy (non-hydrogen) atoms. The zero-order valence-corrected chi connectivity index (χ0v) is 15.1. The van der Waals surface area contributed by atoms with Crippen LogP contribution in [0, 0.1) is 6.92 Å². The van der Waals surface area contributed by atoms with Crippen molar-refractivity contribution in [3.63, 3.8) is 0 Å². The molecule has 0 aromatic heterocycles. The van der Waals surface area contributed by atoms with E-state index in [0.717, 1.165) is 11.1 Å². The van der Waals surface area contributed by atoms with Gasteiger partial charge in [-0.25, -0.2) is 0 Å². The van der Waals surface area contributed by atoms with E-state index in [2.05, 4.69) is 5.32 Å². The highest BCUT2D eigenvalue weighted by Crippen LogP contribution is 2.31. The molecule has 0 saturated heterocycles. The second-order valence-corrected chi connectivity index (χ2v) is 6.63. The van der Waals surface area contributed by atoms with Crippen molar-refractivity contribution in [1.29, 1.82) is 0 Å². The Balaban J connectivity index is 1.57. The highest BCUT2D eigenvalue weighted by Gasteiger charge is 2.29. The Bertz CT molecular complexity index is 922. The van der Waals surface area contributed by atoms with Gasteiger partial charge in [-0.3, -0.25) is 4.79 Å². The molecule has 2 atom stereocenters. The van der Waals surface area contributed by atoms with Gasteiger partial charge in [0.25, 0.3) is 5.91 Å². The van der Waals surface area contributed by atoms with Crippen LogP contribution in [0.3, 0.4) is 0 Å². The van der Waals surface area contributed by atoms with Crippen LogP contribution in [0.1, 0.15) is 22.7 Å². The van der Waals surface area contributed by atoms with Crippen molar-refractivity contribution < 1.29 is 14.3 Å². The van der Waals surface area contributed by atoms with E-state index in [1.807, 2.05) is 85.8 Å². The summed E-state index contributed by atoms with van der Waals surface area (Å²) < 4.78 is 11.5. The maximum Gasteiger partial charge on any atom is 0.265 e. The van der Waals surface area contributed by atoms with E-state index >= 15 is 0 Å². The molecule has 1 N–H and O–H groups in total. The first kappa shape index (κ1) is 17.2. The fourth-order valence-corrected chi connectivity index (χ4v) is 3.15. The number of amides is 1. The van der Waals surface area contributed by atoms with Crippen LogP contribution in [0.4, 0.5) is 0 Å². The number of hydrogen-bond acceptors (Lipinski definition) is 3. The van der Waals surface area contributed by atoms with Gasteiger partial charge in [-0.1, -0.05) is 72.3 Å². The number of hydrogen-bond donors (Lipinski definition) is 1. The molecule has 1 aliphatic rings. The molecular formula is C23H21NO3. The van der Waals surface area contributed by atoms with E-state index in [9.17, 15) is 4.79 Å². The van der Waals surface area contributed by atoms with E-state index < -0.39 is 6.10 Å². The van der Waals surface area contributed by atoms with Crippen LogP contribution >= 0.6 is 0 Å². The van der Waals surface area contributed by atoms with E-state index in [0.29, 0.717) is 11.5 Å². The molecule has 0 aliphatic carbocycles. The molecule has 136 valence electrons. The fraction of sp³-hybridized carbons (Fsp3) is 0.174. The quantitative estimate of drug-likeness (QED) is 0.765. The molecule has 1 aliphatic heterocycles. The van der Waals surface area contributed by atoms with E-state index in [1.54, 1.807) is 0 Å². The van der Waals surface area contributed by atoms with Gasteiger partial charge in [0.15, 0.2) is 11.5 Å². The Morgan fingerprint density at radius 3 is 2.26 bits per heavy atom. The summed E-state index contributed by atoms with van der Waals surface area (Å²) in [7, 11) is 0. The number of para-hydroxylation sites is 2. The Morgan fingerprint density at radius 2 is 1.52 bits per heavy atom. The van der Waals surface area contributed by atoms with Crippen molar-refractivity contribution in [3.05, 3.63) is 95.6 Å². The first-order chi connectivity index (χ1) is 13.2. The van der Waals surface area contributed by atoms with Crippen molar-refractivity contribution in [2.24, 2.45) is 0 Å². The van der Waals surface area contributed by atoms with E-state index in [1.165, 1.54) is 5.56 Å². The van der Waals surface area contributed by atoms with Crippen LogP contribution in [0.5, 0.6) is 11.5 Å². The first-order valence-corrected chi connectivity index (χ1v) is 9.01. The SMILES string of the molecule is Cc1ccc(C(NC(=O)C2COc3ccccc3O2)c2ccccc2)cc1. The number of ether oxygens (including phenoxy) is 2. The van der Waals surface area contributed by atoms with Gasteiger partial charge in [-0.15, -0.1) is 0 Å². The molecule has 1 amide bonds. The van der Waals surface area contributed by atoms with Crippen LogP contribution < -0.4 is 14.8 Å². The van der Waals surface area contributed by atoms with Gasteiger partial charge < -0.3 is 14.8 Å². The lowest BCUT2D eigenvalue weighted by Gasteiger charge is -2.28. The monoisotopic (exact) mass is 359 g/mol. The van der Waals surface area contributed by atoms with E-state index in [4.69, 9.17) is 9.47 Å². The number of benzene rings is 3. The van der Waals surface area contributed by atoms with Gasteiger partial charge in [0.1, 0.15) is 6.61 Å². The normalized spacial score (nSPS) is 16.4. The van der Waals surface area contributed by atoms with Gasteiger partial charge in [-0.2, -0.15) is 0 Å². The van der Waals surface area contributed by atoms with Crippen LogP contribution in [0.25, 0.3) is 0 Å². The maximum atomic E-state index is 12.9. The smallest absolute Gasteiger partial charge is 0.265 e. The number of carbonyl (C=O) groups is 1. The fourth-order valence-electron chi connectivity index (χ4n) is 3.15. The molecule has 0 fully saturated rings. The number of nitrogens with one attached hydrogen (secondary N) is 1. The molecule has 3 aromatic carbocycles. The van der Waals surface area contributed by atoms with Crippen LogP contribution in [0.2, 0.25) is 0 Å². The molecule has 4 rings (SSSR count). The molecule has 0 radical (unpaired) electrons. The molecule has 0 bridgehead atoms. The predicted molar refractivity (Wildman–Crippen MR) is 104 cm³/mol. The minimum Gasteiger partial charge on any atom is -0.485 e. The molecule has 0 spiro atoms. The van der Waals surface area contributed by atoms with Gasteiger partial charge in [0, 0.05) is 0 Å².